The van der Waals surface area contributed by atoms with E-state index in [9.17, 15) is 10.0 Å². The maximum Gasteiger partial charge on any atom is 0.434 e. The average Bonchev–Trinajstić information content (AvgIpc) is 2.74. The van der Waals surface area contributed by atoms with E-state index in [0.717, 1.165) is 0 Å². The van der Waals surface area contributed by atoms with Gasteiger partial charge in [-0.05, 0) is 26.8 Å². The Bertz CT molecular complexity index is 444. The highest BCUT2D eigenvalue weighted by atomic mass is 127. The molecule has 7 nitrogen and oxygen atoms in total. The maximum atomic E-state index is 11.9. The van der Waals surface area contributed by atoms with Crippen LogP contribution >= 0.6 is 23.0 Å². The molecule has 0 fully saturated rings. The lowest BCUT2D eigenvalue weighted by Gasteiger charge is -2.27. The van der Waals surface area contributed by atoms with E-state index in [0.29, 0.717) is 23.8 Å². The van der Waals surface area contributed by atoms with Gasteiger partial charge < -0.3 is 7.80 Å². The van der Waals surface area contributed by atoms with Crippen LogP contribution in [0.25, 0.3) is 0 Å². The van der Waals surface area contributed by atoms with Gasteiger partial charge in [-0.3, -0.25) is 9.89 Å². The minimum absolute atomic E-state index is 0.377. The summed E-state index contributed by atoms with van der Waals surface area (Å²) in [5, 5.41) is 14.9. The number of rotatable bonds is 5. The largest absolute Gasteiger partial charge is 0.442 e. The zero-order chi connectivity index (χ0) is 15.3. The number of amides is 1. The van der Waals surface area contributed by atoms with Crippen LogP contribution in [-0.4, -0.2) is 38.4 Å². The van der Waals surface area contributed by atoms with Crippen molar-refractivity contribution < 1.29 is 17.8 Å². The number of halogens is 1. The van der Waals surface area contributed by atoms with Gasteiger partial charge in [-0.25, -0.2) is 4.79 Å². The monoisotopic (exact) mass is 397 g/mol. The molecule has 0 aliphatic rings. The molecule has 114 valence electrons. The summed E-state index contributed by atoms with van der Waals surface area (Å²) < 4.78 is 11.7. The van der Waals surface area contributed by atoms with E-state index in [2.05, 4.69) is 5.10 Å². The lowest BCUT2D eigenvalue weighted by atomic mass is 10.1. The Morgan fingerprint density at radius 2 is 2.25 bits per heavy atom. The predicted molar refractivity (Wildman–Crippen MR) is 80.4 cm³/mol. The van der Waals surface area contributed by atoms with Crippen LogP contribution < -0.4 is 0 Å². The zero-order valence-electron chi connectivity index (χ0n) is 12.0. The van der Waals surface area contributed by atoms with E-state index in [1.165, 1.54) is 0 Å². The van der Waals surface area contributed by atoms with Crippen LogP contribution in [0.5, 0.6) is 0 Å². The van der Waals surface area contributed by atoms with E-state index in [1.54, 1.807) is 67.8 Å². The first kappa shape index (κ1) is 17.2. The fraction of sp³-hybridized carbons (Fsp3) is 0.667. The van der Waals surface area contributed by atoms with E-state index in [4.69, 9.17) is 7.80 Å². The number of ether oxygens (including phenoxy) is 1. The summed E-state index contributed by atoms with van der Waals surface area (Å²) in [7, 11) is 1.77. The fourth-order valence-corrected chi connectivity index (χ4v) is 1.85. The summed E-state index contributed by atoms with van der Waals surface area (Å²) in [6.45, 7) is 5.59. The molecule has 0 spiro atoms. The molecular formula is C12H20IN3O4. The van der Waals surface area contributed by atoms with Crippen LogP contribution in [0.2, 0.25) is 0 Å². The van der Waals surface area contributed by atoms with Crippen molar-refractivity contribution >= 4 is 29.1 Å². The normalized spacial score (nSPS) is 13.1. The SMILES string of the molecule is Cn1ccc(C(CCOI)N(O)C(=O)OC(C)(C)C)n1. The second-order valence-corrected chi connectivity index (χ2v) is 5.98. The summed E-state index contributed by atoms with van der Waals surface area (Å²) in [5.74, 6) is 0. The second kappa shape index (κ2) is 7.23. The molecule has 20 heavy (non-hydrogen) atoms. The van der Waals surface area contributed by atoms with Gasteiger partial charge >= 0.3 is 6.09 Å². The van der Waals surface area contributed by atoms with E-state index in [1.807, 2.05) is 0 Å². The first-order valence-corrected chi connectivity index (χ1v) is 7.07. The van der Waals surface area contributed by atoms with Gasteiger partial charge in [-0.15, -0.1) is 0 Å². The van der Waals surface area contributed by atoms with Gasteiger partial charge in [0, 0.05) is 19.7 Å². The lowest BCUT2D eigenvalue weighted by molar-refractivity contribution is -0.125. The van der Waals surface area contributed by atoms with Crippen molar-refractivity contribution in [2.24, 2.45) is 7.05 Å². The second-order valence-electron chi connectivity index (χ2n) is 5.36. The minimum Gasteiger partial charge on any atom is -0.442 e. The number of aromatic nitrogens is 2. The molecule has 0 saturated heterocycles. The van der Waals surface area contributed by atoms with Crippen LogP contribution in [0.4, 0.5) is 4.79 Å². The van der Waals surface area contributed by atoms with Crippen molar-refractivity contribution in [3.05, 3.63) is 18.0 Å². The Morgan fingerprint density at radius 1 is 1.60 bits per heavy atom. The number of hydroxylamine groups is 2. The van der Waals surface area contributed by atoms with Crippen LogP contribution in [0.1, 0.15) is 38.9 Å². The molecule has 8 heteroatoms. The van der Waals surface area contributed by atoms with Crippen molar-refractivity contribution in [3.63, 3.8) is 0 Å². The highest BCUT2D eigenvalue weighted by molar-refractivity contribution is 14.1. The number of carbonyl (C=O) groups excluding carboxylic acids is 1. The Morgan fingerprint density at radius 3 is 2.70 bits per heavy atom. The van der Waals surface area contributed by atoms with Crippen LogP contribution in [0.15, 0.2) is 12.3 Å². The third-order valence-electron chi connectivity index (χ3n) is 2.42. The third-order valence-corrected chi connectivity index (χ3v) is 2.86. The predicted octanol–water partition coefficient (Wildman–Crippen LogP) is 2.84. The number of carbonyl (C=O) groups is 1. The summed E-state index contributed by atoms with van der Waals surface area (Å²) in [4.78, 5) is 11.9. The molecule has 1 atom stereocenters. The summed E-state index contributed by atoms with van der Waals surface area (Å²) in [6.07, 6.45) is 1.35. The zero-order valence-corrected chi connectivity index (χ0v) is 14.2. The Labute approximate surface area is 132 Å². The number of hydrogen-bond acceptors (Lipinski definition) is 5. The van der Waals surface area contributed by atoms with E-state index < -0.39 is 17.7 Å². The van der Waals surface area contributed by atoms with Gasteiger partial charge in [-0.1, -0.05) is 0 Å². The molecule has 1 heterocycles. The summed E-state index contributed by atoms with van der Waals surface area (Å²) in [6, 6.07) is 1.13. The molecule has 1 N–H and O–H groups in total. The Kier molecular flexibility index (Phi) is 6.21. The molecule has 0 radical (unpaired) electrons. The van der Waals surface area contributed by atoms with Crippen LogP contribution in [-0.2, 0) is 14.9 Å². The first-order chi connectivity index (χ1) is 9.24. The van der Waals surface area contributed by atoms with Gasteiger partial charge in [0.15, 0.2) is 0 Å². The molecule has 0 aromatic carbocycles. The van der Waals surface area contributed by atoms with Gasteiger partial charge in [0.1, 0.15) is 34.6 Å². The lowest BCUT2D eigenvalue weighted by Crippen LogP contribution is -2.37. The molecule has 0 saturated carbocycles. The molecule has 1 aromatic heterocycles. The van der Waals surface area contributed by atoms with Gasteiger partial charge in [0.25, 0.3) is 0 Å². The maximum absolute atomic E-state index is 11.9. The molecule has 1 aromatic rings. The van der Waals surface area contributed by atoms with Gasteiger partial charge in [0.2, 0.25) is 0 Å². The molecule has 0 aliphatic carbocycles. The molecule has 1 rings (SSSR count). The Balaban J connectivity index is 2.84. The number of hydrogen-bond donors (Lipinski definition) is 1. The van der Waals surface area contributed by atoms with Crippen LogP contribution in [0.3, 0.4) is 0 Å². The summed E-state index contributed by atoms with van der Waals surface area (Å²) >= 11 is 1.77. The topological polar surface area (TPSA) is 76.8 Å². The fourth-order valence-electron chi connectivity index (χ4n) is 1.60. The van der Waals surface area contributed by atoms with Crippen molar-refractivity contribution in [2.45, 2.75) is 38.8 Å². The quantitative estimate of drug-likeness (QED) is 0.470. The van der Waals surface area contributed by atoms with Gasteiger partial charge in [-0.2, -0.15) is 10.2 Å². The van der Waals surface area contributed by atoms with E-state index >= 15 is 0 Å². The third kappa shape index (κ3) is 5.25. The average molecular weight is 397 g/mol. The molecular weight excluding hydrogens is 377 g/mol. The van der Waals surface area contributed by atoms with Crippen molar-refractivity contribution in [3.8, 4) is 0 Å². The number of nitrogens with zero attached hydrogens (tertiary/aromatic N) is 3. The summed E-state index contributed by atoms with van der Waals surface area (Å²) in [5.41, 5.74) is -0.0961. The van der Waals surface area contributed by atoms with Crippen molar-refractivity contribution in [1.29, 1.82) is 0 Å². The van der Waals surface area contributed by atoms with Crippen molar-refractivity contribution in [1.82, 2.24) is 14.8 Å². The first-order valence-electron chi connectivity index (χ1n) is 6.19. The molecule has 0 aliphatic heterocycles. The molecule has 1 amide bonds. The number of aryl methyl sites for hydroxylation is 1. The molecule has 0 bridgehead atoms. The molecule has 1 unspecified atom stereocenters. The smallest absolute Gasteiger partial charge is 0.434 e. The Hall–Kier alpha value is -0.870. The highest BCUT2D eigenvalue weighted by Gasteiger charge is 2.29. The van der Waals surface area contributed by atoms with Gasteiger partial charge in [0.05, 0.1) is 12.3 Å². The van der Waals surface area contributed by atoms with Crippen molar-refractivity contribution in [2.75, 3.05) is 6.61 Å². The van der Waals surface area contributed by atoms with Crippen LogP contribution in [0, 0.1) is 0 Å². The highest BCUT2D eigenvalue weighted by Crippen LogP contribution is 2.23. The van der Waals surface area contributed by atoms with E-state index in [-0.39, 0.29) is 0 Å². The standard InChI is InChI=1S/C12H20IN3O4/c1-12(2,3)20-11(17)16(18)10(6-8-19-13)9-5-7-15(4)14-9/h5,7,10,18H,6,8H2,1-4H3. The minimum atomic E-state index is -0.804.